The second-order valence-electron chi connectivity index (χ2n) is 11.5. The van der Waals surface area contributed by atoms with Crippen LogP contribution in [-0.4, -0.2) is 33.3 Å². The van der Waals surface area contributed by atoms with Gasteiger partial charge in [-0.3, -0.25) is 15.2 Å². The number of anilines is 3. The van der Waals surface area contributed by atoms with Gasteiger partial charge in [-0.25, -0.2) is 19.2 Å². The molecule has 14 heteroatoms. The summed E-state index contributed by atoms with van der Waals surface area (Å²) in [5.74, 6) is -0.632. The molecule has 4 rings (SSSR count). The molecule has 0 fully saturated rings. The van der Waals surface area contributed by atoms with E-state index in [-0.39, 0.29) is 38.0 Å². The molecule has 9 nitrogen and oxygen atoms in total. The van der Waals surface area contributed by atoms with Crippen molar-refractivity contribution in [1.82, 2.24) is 15.1 Å². The van der Waals surface area contributed by atoms with Gasteiger partial charge in [0.2, 0.25) is 5.75 Å². The van der Waals surface area contributed by atoms with Gasteiger partial charge in [-0.05, 0) is 74.7 Å². The van der Waals surface area contributed by atoms with E-state index in [1.54, 1.807) is 54.6 Å². The molecule has 4 aromatic rings. The highest BCUT2D eigenvalue weighted by atomic mass is 35.5. The zero-order valence-corrected chi connectivity index (χ0v) is 30.9. The SMILES string of the molecule is CCCCCCCC(CCC(C)Cl)NC(=O)N(c1ccccc1)c1[nH]n(-c2c(Cl)cc(Cl)cc2Cl)c(=O)c1OC(=O)Nc1ccc(Cl)cc1. The van der Waals surface area contributed by atoms with E-state index in [2.05, 4.69) is 22.7 Å². The Morgan fingerprint density at radius 3 is 2.16 bits per heavy atom. The molecule has 2 atom stereocenters. The Hall–Kier alpha value is -3.34. The van der Waals surface area contributed by atoms with E-state index in [1.165, 1.54) is 17.0 Å². The zero-order chi connectivity index (χ0) is 35.5. The van der Waals surface area contributed by atoms with E-state index in [1.807, 2.05) is 6.92 Å². The molecule has 3 N–H and O–H groups in total. The van der Waals surface area contributed by atoms with Gasteiger partial charge in [0.15, 0.2) is 5.82 Å². The van der Waals surface area contributed by atoms with Crippen LogP contribution in [0.3, 0.4) is 0 Å². The van der Waals surface area contributed by atoms with Crippen molar-refractivity contribution in [3.63, 3.8) is 0 Å². The van der Waals surface area contributed by atoms with Crippen LogP contribution in [0.15, 0.2) is 71.5 Å². The molecule has 0 aliphatic carbocycles. The number of aromatic amines is 1. The molecular formula is C35H38Cl5N5O4. The van der Waals surface area contributed by atoms with Crippen molar-refractivity contribution in [2.45, 2.75) is 76.6 Å². The normalized spacial score (nSPS) is 12.3. The van der Waals surface area contributed by atoms with E-state index in [9.17, 15) is 14.4 Å². The maximum atomic E-state index is 14.3. The number of para-hydroxylation sites is 1. The average molecular weight is 770 g/mol. The number of benzene rings is 3. The molecule has 0 aliphatic heterocycles. The summed E-state index contributed by atoms with van der Waals surface area (Å²) in [5, 5.41) is 9.36. The number of amides is 3. The van der Waals surface area contributed by atoms with Gasteiger partial charge in [-0.1, -0.05) is 104 Å². The van der Waals surface area contributed by atoms with Crippen LogP contribution in [0, 0.1) is 0 Å². The van der Waals surface area contributed by atoms with Crippen LogP contribution in [0.25, 0.3) is 5.69 Å². The molecule has 0 radical (unpaired) electrons. The molecule has 0 bridgehead atoms. The summed E-state index contributed by atoms with van der Waals surface area (Å²) >= 11 is 31.5. The van der Waals surface area contributed by atoms with Crippen LogP contribution >= 0.6 is 58.0 Å². The summed E-state index contributed by atoms with van der Waals surface area (Å²) in [6.45, 7) is 4.08. The highest BCUT2D eigenvalue weighted by Crippen LogP contribution is 2.36. The highest BCUT2D eigenvalue weighted by Gasteiger charge is 2.31. The molecule has 1 aromatic heterocycles. The van der Waals surface area contributed by atoms with Gasteiger partial charge >= 0.3 is 17.7 Å². The van der Waals surface area contributed by atoms with E-state index in [0.717, 1.165) is 43.2 Å². The number of carbonyl (C=O) groups is 2. The highest BCUT2D eigenvalue weighted by molar-refractivity contribution is 6.40. The van der Waals surface area contributed by atoms with Gasteiger partial charge in [0.25, 0.3) is 0 Å². The predicted octanol–water partition coefficient (Wildman–Crippen LogP) is 11.4. The van der Waals surface area contributed by atoms with E-state index in [0.29, 0.717) is 29.2 Å². The Morgan fingerprint density at radius 1 is 0.878 bits per heavy atom. The quantitative estimate of drug-likeness (QED) is 0.0826. The Bertz CT molecular complexity index is 1740. The number of alkyl halides is 1. The standard InChI is InChI=1S/C35H38Cl5N5O4/c1-3-4-5-6-8-11-25(17-14-22(2)36)41-34(47)44(27-12-9-7-10-13-27)32-31(49-35(48)42-26-18-15-23(37)16-19-26)33(46)45(43-32)30-28(39)20-24(38)21-29(30)40/h7,9-10,12-13,15-16,18-22,25,43H,3-6,8,11,14,17H2,1-2H3,(H,41,47)(H,42,48). The number of carbonyl (C=O) groups excluding carboxylic acids is 2. The molecule has 1 heterocycles. The van der Waals surface area contributed by atoms with Crippen LogP contribution in [-0.2, 0) is 0 Å². The first-order valence-corrected chi connectivity index (χ1v) is 18.0. The first-order chi connectivity index (χ1) is 23.5. The van der Waals surface area contributed by atoms with Gasteiger partial charge in [0.05, 0.1) is 15.7 Å². The number of rotatable bonds is 15. The number of hydrogen-bond donors (Lipinski definition) is 3. The molecule has 0 saturated heterocycles. The third-order valence-electron chi connectivity index (χ3n) is 7.66. The number of unbranched alkanes of at least 4 members (excludes halogenated alkanes) is 4. The fraction of sp³-hybridized carbons (Fsp3) is 0.343. The number of aromatic nitrogens is 2. The van der Waals surface area contributed by atoms with Gasteiger partial charge in [0.1, 0.15) is 5.69 Å². The second-order valence-corrected chi connectivity index (χ2v) is 14.0. The van der Waals surface area contributed by atoms with E-state index >= 15 is 0 Å². The van der Waals surface area contributed by atoms with Crippen molar-refractivity contribution in [1.29, 1.82) is 0 Å². The number of H-pyrrole nitrogens is 1. The number of nitrogens with zero attached hydrogens (tertiary/aromatic N) is 2. The van der Waals surface area contributed by atoms with Crippen molar-refractivity contribution in [3.8, 4) is 11.4 Å². The largest absolute Gasteiger partial charge is 0.417 e. The molecule has 3 amide bonds. The molecule has 2 unspecified atom stereocenters. The van der Waals surface area contributed by atoms with Crippen LogP contribution in [0.5, 0.6) is 5.75 Å². The third-order valence-corrected chi connectivity index (χ3v) is 8.92. The molecule has 0 aliphatic rings. The summed E-state index contributed by atoms with van der Waals surface area (Å²) in [6.07, 6.45) is 6.44. The summed E-state index contributed by atoms with van der Waals surface area (Å²) in [7, 11) is 0. The van der Waals surface area contributed by atoms with Crippen molar-refractivity contribution in [2.24, 2.45) is 0 Å². The Labute approximate surface area is 310 Å². The molecular weight excluding hydrogens is 732 g/mol. The maximum Gasteiger partial charge on any atom is 0.417 e. The van der Waals surface area contributed by atoms with Gasteiger partial charge < -0.3 is 10.1 Å². The van der Waals surface area contributed by atoms with E-state index < -0.39 is 23.4 Å². The first-order valence-electron chi connectivity index (χ1n) is 16.0. The fourth-order valence-corrected chi connectivity index (χ4v) is 6.44. The van der Waals surface area contributed by atoms with Crippen LogP contribution < -0.4 is 25.8 Å². The first kappa shape index (κ1) is 38.5. The molecule has 0 spiro atoms. The lowest BCUT2D eigenvalue weighted by Crippen LogP contribution is -2.43. The number of hydrogen-bond acceptors (Lipinski definition) is 4. The van der Waals surface area contributed by atoms with Crippen LogP contribution in [0.2, 0.25) is 20.1 Å². The predicted molar refractivity (Wildman–Crippen MR) is 201 cm³/mol. The lowest BCUT2D eigenvalue weighted by Gasteiger charge is -2.26. The minimum atomic E-state index is -0.991. The Kier molecular flexibility index (Phi) is 14.6. The third kappa shape index (κ3) is 10.8. The average Bonchev–Trinajstić information content (AvgIpc) is 3.35. The minimum Gasteiger partial charge on any atom is -0.400 e. The lowest BCUT2D eigenvalue weighted by atomic mass is 10.0. The van der Waals surface area contributed by atoms with Gasteiger partial charge in [-0.2, -0.15) is 0 Å². The van der Waals surface area contributed by atoms with Crippen LogP contribution in [0.1, 0.15) is 65.2 Å². The summed E-state index contributed by atoms with van der Waals surface area (Å²) < 4.78 is 6.66. The molecule has 262 valence electrons. The van der Waals surface area contributed by atoms with Crippen LogP contribution in [0.4, 0.5) is 26.8 Å². The molecule has 0 saturated carbocycles. The van der Waals surface area contributed by atoms with Crippen molar-refractivity contribution in [2.75, 3.05) is 10.2 Å². The molecule has 3 aromatic carbocycles. The maximum absolute atomic E-state index is 14.3. The van der Waals surface area contributed by atoms with Crippen molar-refractivity contribution < 1.29 is 14.3 Å². The van der Waals surface area contributed by atoms with Crippen molar-refractivity contribution >= 4 is 87.3 Å². The van der Waals surface area contributed by atoms with Crippen molar-refractivity contribution in [3.05, 3.63) is 97.2 Å². The fourth-order valence-electron chi connectivity index (χ4n) is 5.21. The second kappa shape index (κ2) is 18.6. The number of nitrogens with one attached hydrogen (secondary N) is 3. The van der Waals surface area contributed by atoms with E-state index in [4.69, 9.17) is 62.7 Å². The lowest BCUT2D eigenvalue weighted by molar-refractivity contribution is 0.214. The number of ether oxygens (including phenoxy) is 1. The zero-order valence-electron chi connectivity index (χ0n) is 27.1. The minimum absolute atomic E-state index is 0.0404. The van der Waals surface area contributed by atoms with Gasteiger partial charge in [0, 0.05) is 27.2 Å². The summed E-state index contributed by atoms with van der Waals surface area (Å²) in [4.78, 5) is 42.9. The van der Waals surface area contributed by atoms with Gasteiger partial charge in [-0.15, -0.1) is 11.6 Å². The Balaban J connectivity index is 1.79. The number of urea groups is 1. The summed E-state index contributed by atoms with van der Waals surface area (Å²) in [5.41, 5.74) is -0.0495. The Morgan fingerprint density at radius 2 is 1.53 bits per heavy atom. The topological polar surface area (TPSA) is 108 Å². The molecule has 49 heavy (non-hydrogen) atoms. The number of halogens is 5. The summed E-state index contributed by atoms with van der Waals surface area (Å²) in [6, 6.07) is 17.0. The smallest absolute Gasteiger partial charge is 0.400 e. The monoisotopic (exact) mass is 767 g/mol.